The van der Waals surface area contributed by atoms with Crippen molar-refractivity contribution in [2.45, 2.75) is 39.2 Å². The van der Waals surface area contributed by atoms with Crippen molar-refractivity contribution >= 4 is 5.91 Å². The van der Waals surface area contributed by atoms with Gasteiger partial charge in [0, 0.05) is 25.7 Å². The number of hydrogen-bond acceptors (Lipinski definition) is 4. The molecule has 0 spiro atoms. The van der Waals surface area contributed by atoms with Crippen molar-refractivity contribution in [3.05, 3.63) is 11.6 Å². The lowest BCUT2D eigenvalue weighted by molar-refractivity contribution is 0.0919. The molecule has 1 atom stereocenters. The Kier molecular flexibility index (Phi) is 5.09. The van der Waals surface area contributed by atoms with Gasteiger partial charge < -0.3 is 10.1 Å². The van der Waals surface area contributed by atoms with Crippen LogP contribution < -0.4 is 5.32 Å². The van der Waals surface area contributed by atoms with Gasteiger partial charge >= 0.3 is 0 Å². The quantitative estimate of drug-likeness (QED) is 0.779. The molecule has 0 aliphatic heterocycles. The zero-order valence-corrected chi connectivity index (χ0v) is 10.8. The van der Waals surface area contributed by atoms with E-state index in [0.29, 0.717) is 6.61 Å². The summed E-state index contributed by atoms with van der Waals surface area (Å²) in [5, 5.41) is 9.47. The average molecular weight is 240 g/mol. The third-order valence-corrected chi connectivity index (χ3v) is 2.39. The minimum atomic E-state index is -0.253. The molecule has 0 fully saturated rings. The maximum atomic E-state index is 11.8. The second-order valence-corrected chi connectivity index (χ2v) is 4.35. The molecule has 1 aromatic rings. The van der Waals surface area contributed by atoms with E-state index in [2.05, 4.69) is 20.5 Å². The van der Waals surface area contributed by atoms with Gasteiger partial charge in [0.05, 0.1) is 0 Å². The molecule has 0 saturated carbocycles. The third-order valence-electron chi connectivity index (χ3n) is 2.39. The zero-order valence-electron chi connectivity index (χ0n) is 10.8. The molecule has 0 radical (unpaired) electrons. The van der Waals surface area contributed by atoms with Gasteiger partial charge in [0.1, 0.15) is 5.82 Å². The van der Waals surface area contributed by atoms with Crippen LogP contribution in [0.4, 0.5) is 0 Å². The second kappa shape index (κ2) is 6.34. The molecule has 0 bridgehead atoms. The molecular weight excluding hydrogens is 220 g/mol. The largest absolute Gasteiger partial charge is 0.385 e. The lowest BCUT2D eigenvalue weighted by Gasteiger charge is -2.11. The fraction of sp³-hybridized carbons (Fsp3) is 0.727. The average Bonchev–Trinajstić information content (AvgIpc) is 2.75. The highest BCUT2D eigenvalue weighted by atomic mass is 16.5. The van der Waals surface area contributed by atoms with Gasteiger partial charge in [-0.1, -0.05) is 13.8 Å². The monoisotopic (exact) mass is 240 g/mol. The maximum absolute atomic E-state index is 11.8. The van der Waals surface area contributed by atoms with Crippen LogP contribution in [0.2, 0.25) is 0 Å². The number of H-pyrrole nitrogens is 1. The Morgan fingerprint density at radius 3 is 2.71 bits per heavy atom. The van der Waals surface area contributed by atoms with E-state index >= 15 is 0 Å². The van der Waals surface area contributed by atoms with Crippen LogP contribution in [0.15, 0.2) is 0 Å². The summed E-state index contributed by atoms with van der Waals surface area (Å²) in [6.07, 6.45) is 0.768. The Balaban J connectivity index is 2.51. The van der Waals surface area contributed by atoms with Crippen LogP contribution in [0.5, 0.6) is 0 Å². The number of methoxy groups -OCH3 is 1. The molecule has 0 aromatic carbocycles. The molecule has 17 heavy (non-hydrogen) atoms. The van der Waals surface area contributed by atoms with Crippen LogP contribution in [0.1, 0.15) is 49.6 Å². The molecule has 1 unspecified atom stereocenters. The number of nitrogens with one attached hydrogen (secondary N) is 2. The van der Waals surface area contributed by atoms with Crippen LogP contribution in [0.3, 0.4) is 0 Å². The van der Waals surface area contributed by atoms with E-state index in [1.165, 1.54) is 0 Å². The molecule has 0 saturated heterocycles. The van der Waals surface area contributed by atoms with Crippen LogP contribution in [-0.2, 0) is 4.74 Å². The number of carbonyl (C=O) groups excluding carboxylic acids is 1. The van der Waals surface area contributed by atoms with E-state index in [1.54, 1.807) is 7.11 Å². The molecule has 1 rings (SSSR count). The summed E-state index contributed by atoms with van der Waals surface area (Å²) in [5.74, 6) is 0.893. The number of aromatic nitrogens is 3. The minimum absolute atomic E-state index is 0.0449. The predicted octanol–water partition coefficient (Wildman–Crippen LogP) is 1.08. The van der Waals surface area contributed by atoms with Gasteiger partial charge in [0.2, 0.25) is 5.82 Å². The normalized spacial score (nSPS) is 12.8. The fourth-order valence-corrected chi connectivity index (χ4v) is 1.29. The second-order valence-electron chi connectivity index (χ2n) is 4.35. The molecule has 0 aliphatic carbocycles. The van der Waals surface area contributed by atoms with Crippen molar-refractivity contribution in [3.63, 3.8) is 0 Å². The van der Waals surface area contributed by atoms with Crippen molar-refractivity contribution in [1.82, 2.24) is 20.5 Å². The number of amides is 1. The number of ether oxygens (including phenoxy) is 1. The molecule has 2 N–H and O–H groups in total. The standard InChI is InChI=1S/C11H20N4O2/c1-7(2)9-13-10(15-14-9)11(16)12-8(3)5-6-17-4/h7-8H,5-6H2,1-4H3,(H,12,16)(H,13,14,15). The van der Waals surface area contributed by atoms with Gasteiger partial charge in [0.25, 0.3) is 5.91 Å². The number of hydrogen-bond donors (Lipinski definition) is 2. The van der Waals surface area contributed by atoms with Crippen LogP contribution in [-0.4, -0.2) is 40.8 Å². The Morgan fingerprint density at radius 2 is 2.18 bits per heavy atom. The molecule has 6 heteroatoms. The molecule has 1 aromatic heterocycles. The van der Waals surface area contributed by atoms with E-state index in [4.69, 9.17) is 4.74 Å². The number of nitrogens with zero attached hydrogens (tertiary/aromatic N) is 2. The molecule has 1 amide bonds. The number of rotatable bonds is 6. The van der Waals surface area contributed by atoms with Gasteiger partial charge in [-0.15, -0.1) is 5.10 Å². The van der Waals surface area contributed by atoms with Crippen LogP contribution >= 0.6 is 0 Å². The van der Waals surface area contributed by atoms with E-state index < -0.39 is 0 Å². The Morgan fingerprint density at radius 1 is 1.47 bits per heavy atom. The van der Waals surface area contributed by atoms with Crippen LogP contribution in [0.25, 0.3) is 0 Å². The van der Waals surface area contributed by atoms with E-state index in [-0.39, 0.29) is 23.7 Å². The van der Waals surface area contributed by atoms with Crippen molar-refractivity contribution in [2.24, 2.45) is 0 Å². The van der Waals surface area contributed by atoms with Gasteiger partial charge in [-0.25, -0.2) is 4.98 Å². The first-order valence-corrected chi connectivity index (χ1v) is 5.76. The first-order valence-electron chi connectivity index (χ1n) is 5.76. The first kappa shape index (κ1) is 13.6. The minimum Gasteiger partial charge on any atom is -0.385 e. The van der Waals surface area contributed by atoms with E-state index in [1.807, 2.05) is 20.8 Å². The molecular formula is C11H20N4O2. The smallest absolute Gasteiger partial charge is 0.291 e. The van der Waals surface area contributed by atoms with Crippen LogP contribution in [0, 0.1) is 0 Å². The fourth-order valence-electron chi connectivity index (χ4n) is 1.29. The molecule has 1 heterocycles. The zero-order chi connectivity index (χ0) is 12.8. The van der Waals surface area contributed by atoms with Gasteiger partial charge in [0.15, 0.2) is 0 Å². The molecule has 96 valence electrons. The van der Waals surface area contributed by atoms with Crippen molar-refractivity contribution in [1.29, 1.82) is 0 Å². The summed E-state index contributed by atoms with van der Waals surface area (Å²) in [7, 11) is 1.64. The Hall–Kier alpha value is -1.43. The Labute approximate surface area is 101 Å². The van der Waals surface area contributed by atoms with Crippen molar-refractivity contribution in [2.75, 3.05) is 13.7 Å². The van der Waals surface area contributed by atoms with Gasteiger partial charge in [-0.05, 0) is 13.3 Å². The lowest BCUT2D eigenvalue weighted by atomic mass is 10.2. The van der Waals surface area contributed by atoms with Crippen molar-refractivity contribution < 1.29 is 9.53 Å². The summed E-state index contributed by atoms with van der Waals surface area (Å²) >= 11 is 0. The summed E-state index contributed by atoms with van der Waals surface area (Å²) in [6.45, 7) is 6.52. The molecule has 0 aliphatic rings. The highest BCUT2D eigenvalue weighted by molar-refractivity contribution is 5.90. The topological polar surface area (TPSA) is 79.9 Å². The predicted molar refractivity (Wildman–Crippen MR) is 63.9 cm³/mol. The Bertz CT molecular complexity index is 362. The summed E-state index contributed by atoms with van der Waals surface area (Å²) in [5.41, 5.74) is 0. The highest BCUT2D eigenvalue weighted by Crippen LogP contribution is 2.07. The number of aromatic amines is 1. The number of carbonyl (C=O) groups is 1. The summed E-state index contributed by atoms with van der Waals surface area (Å²) in [6, 6.07) is 0.0449. The SMILES string of the molecule is COCCC(C)NC(=O)c1n[nH]c(C(C)C)n1. The van der Waals surface area contributed by atoms with Gasteiger partial charge in [-0.2, -0.15) is 0 Å². The van der Waals surface area contributed by atoms with Gasteiger partial charge in [-0.3, -0.25) is 9.89 Å². The third kappa shape index (κ3) is 4.14. The summed E-state index contributed by atoms with van der Waals surface area (Å²) < 4.78 is 4.95. The van der Waals surface area contributed by atoms with E-state index in [0.717, 1.165) is 12.2 Å². The lowest BCUT2D eigenvalue weighted by Crippen LogP contribution is -2.34. The van der Waals surface area contributed by atoms with Crippen molar-refractivity contribution in [3.8, 4) is 0 Å². The molecule has 6 nitrogen and oxygen atoms in total. The highest BCUT2D eigenvalue weighted by Gasteiger charge is 2.15. The van der Waals surface area contributed by atoms with E-state index in [9.17, 15) is 4.79 Å². The maximum Gasteiger partial charge on any atom is 0.291 e. The first-order chi connectivity index (χ1) is 8.04. The summed E-state index contributed by atoms with van der Waals surface area (Å²) in [4.78, 5) is 15.9.